The maximum atomic E-state index is 10.7. The van der Waals surface area contributed by atoms with Gasteiger partial charge in [-0.25, -0.2) is 0 Å². The Balaban J connectivity index is 3.73. The highest BCUT2D eigenvalue weighted by atomic mass is 32.2. The van der Waals surface area contributed by atoms with Gasteiger partial charge in [0.05, 0.1) is 18.5 Å². The third-order valence-electron chi connectivity index (χ3n) is 1.99. The average Bonchev–Trinajstić information content (AvgIpc) is 2.01. The predicted octanol–water partition coefficient (Wildman–Crippen LogP) is 1.95. The molecule has 0 rings (SSSR count). The van der Waals surface area contributed by atoms with E-state index in [1.54, 1.807) is 0 Å². The van der Waals surface area contributed by atoms with Crippen molar-refractivity contribution < 1.29 is 17.3 Å². The molecule has 0 spiro atoms. The van der Waals surface area contributed by atoms with Crippen molar-refractivity contribution >= 4 is 10.1 Å². The number of hydrogen-bond donors (Lipinski definition) is 0. The van der Waals surface area contributed by atoms with Crippen molar-refractivity contribution in [3.05, 3.63) is 0 Å². The summed E-state index contributed by atoms with van der Waals surface area (Å²) in [6.45, 7) is 6.87. The molecule has 0 aliphatic rings. The molecule has 0 aromatic rings. The van der Waals surface area contributed by atoms with E-state index in [0.29, 0.717) is 13.0 Å². The van der Waals surface area contributed by atoms with E-state index in [1.165, 1.54) is 0 Å². The first-order chi connectivity index (χ1) is 6.77. The summed E-state index contributed by atoms with van der Waals surface area (Å²) in [5.41, 5.74) is -0.320. The topological polar surface area (TPSA) is 52.6 Å². The molecule has 0 bridgehead atoms. The van der Waals surface area contributed by atoms with Gasteiger partial charge in [0.2, 0.25) is 0 Å². The molecule has 0 aliphatic carbocycles. The Morgan fingerprint density at radius 1 is 1.20 bits per heavy atom. The zero-order valence-corrected chi connectivity index (χ0v) is 10.9. The molecule has 0 saturated heterocycles. The van der Waals surface area contributed by atoms with Crippen molar-refractivity contribution in [3.8, 4) is 0 Å². The van der Waals surface area contributed by atoms with Gasteiger partial charge in [-0.05, 0) is 20.3 Å². The Bertz CT molecular complexity index is 257. The molecule has 0 N–H and O–H groups in total. The lowest BCUT2D eigenvalue weighted by molar-refractivity contribution is -0.0312. The highest BCUT2D eigenvalue weighted by Crippen LogP contribution is 2.15. The van der Waals surface area contributed by atoms with Gasteiger partial charge in [0, 0.05) is 13.0 Å². The Labute approximate surface area is 93.1 Å². The summed E-state index contributed by atoms with van der Waals surface area (Å²) >= 11 is 0. The lowest BCUT2D eigenvalue weighted by Crippen LogP contribution is -2.27. The van der Waals surface area contributed by atoms with E-state index in [9.17, 15) is 8.42 Å². The molecule has 0 fully saturated rings. The van der Waals surface area contributed by atoms with Gasteiger partial charge in [-0.1, -0.05) is 13.3 Å². The third kappa shape index (κ3) is 10.2. The summed E-state index contributed by atoms with van der Waals surface area (Å²) in [4.78, 5) is 0. The number of rotatable bonds is 8. The SMILES string of the molecule is CCCCOC(C)(C)CCOS(C)(=O)=O. The highest BCUT2D eigenvalue weighted by Gasteiger charge is 2.18. The van der Waals surface area contributed by atoms with E-state index in [2.05, 4.69) is 11.1 Å². The van der Waals surface area contributed by atoms with Crippen LogP contribution in [0.1, 0.15) is 40.0 Å². The van der Waals surface area contributed by atoms with Gasteiger partial charge in [-0.15, -0.1) is 0 Å². The fourth-order valence-electron chi connectivity index (χ4n) is 1.00. The zero-order valence-electron chi connectivity index (χ0n) is 10.1. The molecule has 0 aliphatic heterocycles. The van der Waals surface area contributed by atoms with Crippen LogP contribution < -0.4 is 0 Å². The first-order valence-electron chi connectivity index (χ1n) is 5.25. The van der Waals surface area contributed by atoms with Crippen LogP contribution in [0.2, 0.25) is 0 Å². The van der Waals surface area contributed by atoms with E-state index < -0.39 is 10.1 Å². The largest absolute Gasteiger partial charge is 0.375 e. The summed E-state index contributed by atoms with van der Waals surface area (Å²) in [5, 5.41) is 0. The van der Waals surface area contributed by atoms with Crippen LogP contribution in [0.5, 0.6) is 0 Å². The number of hydrogen-bond acceptors (Lipinski definition) is 4. The maximum Gasteiger partial charge on any atom is 0.264 e. The molecule has 0 atom stereocenters. The lowest BCUT2D eigenvalue weighted by Gasteiger charge is -2.24. The second-order valence-corrected chi connectivity index (χ2v) is 5.88. The summed E-state index contributed by atoms with van der Waals surface area (Å²) in [6, 6.07) is 0. The Hall–Kier alpha value is -0.130. The minimum absolute atomic E-state index is 0.179. The van der Waals surface area contributed by atoms with Crippen LogP contribution in [0.4, 0.5) is 0 Å². The molecule has 92 valence electrons. The summed E-state index contributed by atoms with van der Waals surface area (Å²) in [7, 11) is -3.33. The first kappa shape index (κ1) is 14.9. The maximum absolute atomic E-state index is 10.7. The van der Waals surface area contributed by atoms with Crippen molar-refractivity contribution in [2.45, 2.75) is 45.6 Å². The van der Waals surface area contributed by atoms with Gasteiger partial charge >= 0.3 is 0 Å². The molecular formula is C10H22O4S. The average molecular weight is 238 g/mol. The fraction of sp³-hybridized carbons (Fsp3) is 1.00. The quantitative estimate of drug-likeness (QED) is 0.479. The van der Waals surface area contributed by atoms with E-state index in [1.807, 2.05) is 13.8 Å². The van der Waals surface area contributed by atoms with Crippen LogP contribution in [-0.2, 0) is 19.0 Å². The first-order valence-corrected chi connectivity index (χ1v) is 7.07. The van der Waals surface area contributed by atoms with Crippen LogP contribution in [-0.4, -0.2) is 33.5 Å². The van der Waals surface area contributed by atoms with Crippen molar-refractivity contribution in [2.75, 3.05) is 19.5 Å². The normalized spacial score (nSPS) is 13.1. The van der Waals surface area contributed by atoms with Crippen LogP contribution in [0.15, 0.2) is 0 Å². The van der Waals surface area contributed by atoms with Crippen LogP contribution in [0, 0.1) is 0 Å². The van der Waals surface area contributed by atoms with Gasteiger partial charge < -0.3 is 4.74 Å². The van der Waals surface area contributed by atoms with Crippen LogP contribution in [0.25, 0.3) is 0 Å². The number of unbranched alkanes of at least 4 members (excludes halogenated alkanes) is 1. The van der Waals surface area contributed by atoms with E-state index >= 15 is 0 Å². The second-order valence-electron chi connectivity index (χ2n) is 4.24. The molecule has 15 heavy (non-hydrogen) atoms. The second kappa shape index (κ2) is 6.45. The monoisotopic (exact) mass is 238 g/mol. The van der Waals surface area contributed by atoms with Crippen molar-refractivity contribution in [1.29, 1.82) is 0 Å². The molecular weight excluding hydrogens is 216 g/mol. The van der Waals surface area contributed by atoms with E-state index in [0.717, 1.165) is 19.1 Å². The minimum Gasteiger partial charge on any atom is -0.375 e. The molecule has 0 radical (unpaired) electrons. The lowest BCUT2D eigenvalue weighted by atomic mass is 10.1. The molecule has 0 heterocycles. The molecule has 0 unspecified atom stereocenters. The van der Waals surface area contributed by atoms with E-state index in [-0.39, 0.29) is 12.2 Å². The summed E-state index contributed by atoms with van der Waals surface area (Å²) in [6.07, 6.45) is 3.74. The highest BCUT2D eigenvalue weighted by molar-refractivity contribution is 7.85. The van der Waals surface area contributed by atoms with Gasteiger partial charge in [-0.2, -0.15) is 8.42 Å². The van der Waals surface area contributed by atoms with Crippen LogP contribution in [0.3, 0.4) is 0 Å². The van der Waals surface area contributed by atoms with Crippen LogP contribution >= 0.6 is 0 Å². The summed E-state index contributed by atoms with van der Waals surface area (Å²) < 4.78 is 31.7. The molecule has 0 aromatic carbocycles. The van der Waals surface area contributed by atoms with Gasteiger partial charge in [-0.3, -0.25) is 4.18 Å². The smallest absolute Gasteiger partial charge is 0.264 e. The van der Waals surface area contributed by atoms with Gasteiger partial charge in [0.25, 0.3) is 10.1 Å². The standard InChI is InChI=1S/C10H22O4S/c1-5-6-8-13-10(2,3)7-9-14-15(4,11)12/h5-9H2,1-4H3. The molecule has 0 aromatic heterocycles. The Morgan fingerprint density at radius 2 is 1.80 bits per heavy atom. The molecule has 0 saturated carbocycles. The molecule has 0 amide bonds. The number of ether oxygens (including phenoxy) is 1. The predicted molar refractivity (Wildman–Crippen MR) is 60.4 cm³/mol. The molecule has 5 heteroatoms. The van der Waals surface area contributed by atoms with Crippen molar-refractivity contribution in [2.24, 2.45) is 0 Å². The Kier molecular flexibility index (Phi) is 6.40. The fourth-order valence-corrected chi connectivity index (χ4v) is 1.39. The van der Waals surface area contributed by atoms with E-state index in [4.69, 9.17) is 4.74 Å². The zero-order chi connectivity index (χ0) is 11.9. The van der Waals surface area contributed by atoms with Gasteiger partial charge in [0.1, 0.15) is 0 Å². The van der Waals surface area contributed by atoms with Crippen molar-refractivity contribution in [1.82, 2.24) is 0 Å². The summed E-state index contributed by atoms with van der Waals surface area (Å²) in [5.74, 6) is 0. The molecule has 4 nitrogen and oxygen atoms in total. The van der Waals surface area contributed by atoms with Gasteiger partial charge in [0.15, 0.2) is 0 Å². The van der Waals surface area contributed by atoms with Crippen molar-refractivity contribution in [3.63, 3.8) is 0 Å². The Morgan fingerprint density at radius 3 is 2.27 bits per heavy atom. The third-order valence-corrected chi connectivity index (χ3v) is 2.59. The minimum atomic E-state index is -3.33.